The Morgan fingerprint density at radius 2 is 1.90 bits per heavy atom. The van der Waals surface area contributed by atoms with Gasteiger partial charge in [-0.25, -0.2) is 4.79 Å². The van der Waals surface area contributed by atoms with Crippen LogP contribution in [-0.4, -0.2) is 24.2 Å². The second-order valence-corrected chi connectivity index (χ2v) is 4.83. The molecule has 0 aliphatic carbocycles. The van der Waals surface area contributed by atoms with E-state index >= 15 is 0 Å². The van der Waals surface area contributed by atoms with E-state index in [1.807, 2.05) is 0 Å². The number of rotatable bonds is 2. The molecule has 0 amide bonds. The van der Waals surface area contributed by atoms with Gasteiger partial charge < -0.3 is 19.2 Å². The van der Waals surface area contributed by atoms with Crippen LogP contribution in [0.1, 0.15) is 10.5 Å². The Morgan fingerprint density at radius 3 is 2.60 bits per heavy atom. The third kappa shape index (κ3) is 2.55. The lowest BCUT2D eigenvalue weighted by Gasteiger charge is -2.18. The van der Waals surface area contributed by atoms with Gasteiger partial charge in [-0.2, -0.15) is 0 Å². The molecule has 1 aliphatic heterocycles. The van der Waals surface area contributed by atoms with Gasteiger partial charge in [-0.3, -0.25) is 0 Å². The Morgan fingerprint density at radius 1 is 1.15 bits per heavy atom. The summed E-state index contributed by atoms with van der Waals surface area (Å²) >= 11 is 11.5. The average Bonchev–Trinajstić information content (AvgIpc) is 2.79. The van der Waals surface area contributed by atoms with Gasteiger partial charge in [-0.15, -0.1) is 0 Å². The number of carbonyl (C=O) groups excluding carboxylic acids is 1. The molecule has 1 N–H and O–H groups in total. The summed E-state index contributed by atoms with van der Waals surface area (Å²) in [5, 5.41) is 0.460. The predicted octanol–water partition coefficient (Wildman–Crippen LogP) is 3.31. The highest BCUT2D eigenvalue weighted by molar-refractivity contribution is 6.41. The maximum Gasteiger partial charge on any atom is 0.360 e. The van der Waals surface area contributed by atoms with Gasteiger partial charge in [0.2, 0.25) is 0 Å². The van der Waals surface area contributed by atoms with E-state index in [0.717, 1.165) is 0 Å². The highest BCUT2D eigenvalue weighted by Crippen LogP contribution is 2.34. The second kappa shape index (κ2) is 5.26. The second-order valence-electron chi connectivity index (χ2n) is 4.04. The maximum atomic E-state index is 11.9. The number of carbonyl (C=O) groups is 1. The minimum absolute atomic E-state index is 0.176. The number of esters is 1. The smallest absolute Gasteiger partial charge is 0.360 e. The van der Waals surface area contributed by atoms with E-state index in [9.17, 15) is 4.79 Å². The van der Waals surface area contributed by atoms with Gasteiger partial charge in [0.05, 0.1) is 5.02 Å². The van der Waals surface area contributed by atoms with Crippen LogP contribution >= 0.6 is 23.2 Å². The van der Waals surface area contributed by atoms with Crippen molar-refractivity contribution < 1.29 is 19.0 Å². The van der Waals surface area contributed by atoms with Crippen LogP contribution in [0.2, 0.25) is 10.2 Å². The molecule has 0 saturated carbocycles. The molecule has 1 aromatic carbocycles. The highest BCUT2D eigenvalue weighted by atomic mass is 35.5. The molecule has 0 fully saturated rings. The lowest BCUT2D eigenvalue weighted by molar-refractivity contribution is 0.0728. The molecule has 1 aliphatic rings. The van der Waals surface area contributed by atoms with E-state index in [-0.39, 0.29) is 15.9 Å². The number of nitrogens with one attached hydrogen (secondary N) is 1. The van der Waals surface area contributed by atoms with Crippen LogP contribution < -0.4 is 14.2 Å². The summed E-state index contributed by atoms with van der Waals surface area (Å²) in [7, 11) is 0. The van der Waals surface area contributed by atoms with Crippen LogP contribution in [0.25, 0.3) is 0 Å². The Bertz CT molecular complexity index is 649. The molecule has 0 saturated heterocycles. The van der Waals surface area contributed by atoms with Crippen molar-refractivity contribution in [2.75, 3.05) is 13.2 Å². The summed E-state index contributed by atoms with van der Waals surface area (Å²) in [5.41, 5.74) is 0.176. The van der Waals surface area contributed by atoms with E-state index in [2.05, 4.69) is 4.98 Å². The fourth-order valence-electron chi connectivity index (χ4n) is 1.76. The fourth-order valence-corrected chi connectivity index (χ4v) is 2.08. The van der Waals surface area contributed by atoms with E-state index in [0.29, 0.717) is 30.5 Å². The van der Waals surface area contributed by atoms with Crippen molar-refractivity contribution in [2.45, 2.75) is 0 Å². The van der Waals surface area contributed by atoms with Gasteiger partial charge in [0.15, 0.2) is 11.5 Å². The molecule has 3 rings (SSSR count). The first-order valence-corrected chi connectivity index (χ1v) is 6.55. The third-order valence-electron chi connectivity index (χ3n) is 2.67. The SMILES string of the molecule is O=C(Oc1ccc2c(c1)OCCO2)c1cc(Cl)c(Cl)[nH]1. The van der Waals surface area contributed by atoms with Crippen molar-refractivity contribution in [3.63, 3.8) is 0 Å². The van der Waals surface area contributed by atoms with Crippen molar-refractivity contribution in [2.24, 2.45) is 0 Å². The molecule has 2 aromatic rings. The first-order valence-electron chi connectivity index (χ1n) is 5.79. The molecule has 7 heteroatoms. The van der Waals surface area contributed by atoms with Crippen molar-refractivity contribution >= 4 is 29.2 Å². The topological polar surface area (TPSA) is 60.6 Å². The zero-order valence-electron chi connectivity index (χ0n) is 10.1. The maximum absolute atomic E-state index is 11.9. The van der Waals surface area contributed by atoms with Crippen LogP contribution in [0.3, 0.4) is 0 Å². The zero-order valence-corrected chi connectivity index (χ0v) is 11.6. The summed E-state index contributed by atoms with van der Waals surface area (Å²) in [6, 6.07) is 6.31. The Balaban J connectivity index is 1.79. The first kappa shape index (κ1) is 13.1. The van der Waals surface area contributed by atoms with Gasteiger partial charge in [0.1, 0.15) is 29.8 Å². The molecule has 0 radical (unpaired) electrons. The van der Waals surface area contributed by atoms with Crippen molar-refractivity contribution in [3.8, 4) is 17.2 Å². The van der Waals surface area contributed by atoms with Gasteiger partial charge in [0, 0.05) is 6.07 Å². The van der Waals surface area contributed by atoms with Gasteiger partial charge in [-0.1, -0.05) is 23.2 Å². The summed E-state index contributed by atoms with van der Waals surface area (Å²) in [5.74, 6) is 0.933. The number of aromatic amines is 1. The number of H-pyrrole nitrogens is 1. The summed E-state index contributed by atoms with van der Waals surface area (Å²) < 4.78 is 16.0. The molecular formula is C13H9Cl2NO4. The molecule has 5 nitrogen and oxygen atoms in total. The van der Waals surface area contributed by atoms with E-state index in [4.69, 9.17) is 37.4 Å². The molecule has 0 spiro atoms. The third-order valence-corrected chi connectivity index (χ3v) is 3.36. The molecule has 104 valence electrons. The molecule has 20 heavy (non-hydrogen) atoms. The van der Waals surface area contributed by atoms with Crippen LogP contribution in [0.4, 0.5) is 0 Å². The first-order chi connectivity index (χ1) is 9.63. The molecule has 1 aromatic heterocycles. The van der Waals surface area contributed by atoms with E-state index in [1.54, 1.807) is 18.2 Å². The minimum atomic E-state index is -0.588. The molecule has 2 heterocycles. The number of hydrogen-bond donors (Lipinski definition) is 1. The van der Waals surface area contributed by atoms with Crippen LogP contribution in [-0.2, 0) is 0 Å². The van der Waals surface area contributed by atoms with Gasteiger partial charge in [-0.05, 0) is 18.2 Å². The van der Waals surface area contributed by atoms with Crippen molar-refractivity contribution in [1.82, 2.24) is 4.98 Å². The Labute approximate surface area is 124 Å². The quantitative estimate of drug-likeness (QED) is 0.682. The van der Waals surface area contributed by atoms with E-state index in [1.165, 1.54) is 6.07 Å². The van der Waals surface area contributed by atoms with Crippen molar-refractivity contribution in [1.29, 1.82) is 0 Å². The Kier molecular flexibility index (Phi) is 3.46. The molecule has 0 unspecified atom stereocenters. The molecule has 0 atom stereocenters. The highest BCUT2D eigenvalue weighted by Gasteiger charge is 2.16. The summed E-state index contributed by atoms with van der Waals surface area (Å²) in [6.45, 7) is 0.970. The zero-order chi connectivity index (χ0) is 14.1. The summed E-state index contributed by atoms with van der Waals surface area (Å²) in [6.07, 6.45) is 0. The van der Waals surface area contributed by atoms with Crippen molar-refractivity contribution in [3.05, 3.63) is 40.1 Å². The van der Waals surface area contributed by atoms with Crippen LogP contribution in [0.5, 0.6) is 17.2 Å². The molecule has 0 bridgehead atoms. The standard InChI is InChI=1S/C13H9Cl2NO4/c14-8-6-9(16-12(8)15)13(17)20-7-1-2-10-11(5-7)19-4-3-18-10/h1-2,5-6,16H,3-4H2. The van der Waals surface area contributed by atoms with E-state index < -0.39 is 5.97 Å². The van der Waals surface area contributed by atoms with Gasteiger partial charge in [0.25, 0.3) is 0 Å². The number of aromatic nitrogens is 1. The number of halogens is 2. The number of hydrogen-bond acceptors (Lipinski definition) is 4. The lowest BCUT2D eigenvalue weighted by atomic mass is 10.3. The largest absolute Gasteiger partial charge is 0.486 e. The van der Waals surface area contributed by atoms with Gasteiger partial charge >= 0.3 is 5.97 Å². The molecular weight excluding hydrogens is 305 g/mol. The number of fused-ring (bicyclic) bond motifs is 1. The minimum Gasteiger partial charge on any atom is -0.486 e. The van der Waals surface area contributed by atoms with Crippen LogP contribution in [0, 0.1) is 0 Å². The summed E-state index contributed by atoms with van der Waals surface area (Å²) in [4.78, 5) is 14.5. The van der Waals surface area contributed by atoms with Crippen LogP contribution in [0.15, 0.2) is 24.3 Å². The Hall–Kier alpha value is -1.85. The average molecular weight is 314 g/mol. The monoisotopic (exact) mass is 313 g/mol. The fraction of sp³-hybridized carbons (Fsp3) is 0.154. The predicted molar refractivity (Wildman–Crippen MR) is 73.2 cm³/mol. The normalized spacial score (nSPS) is 13.1. The number of ether oxygens (including phenoxy) is 3. The number of benzene rings is 1. The lowest BCUT2D eigenvalue weighted by Crippen LogP contribution is -2.15.